The molecule has 0 bridgehead atoms. The predicted molar refractivity (Wildman–Crippen MR) is 183 cm³/mol. The highest BCUT2D eigenvalue weighted by atomic mass is 32.2. The van der Waals surface area contributed by atoms with Crippen molar-refractivity contribution in [3.63, 3.8) is 0 Å². The molecule has 1 heterocycles. The van der Waals surface area contributed by atoms with Crippen molar-refractivity contribution in [2.24, 2.45) is 11.8 Å². The third-order valence-electron chi connectivity index (χ3n) is 8.71. The zero-order valence-electron chi connectivity index (χ0n) is 27.9. The number of unbranched alkanes of at least 4 members (excludes halogenated alkanes) is 4. The fourth-order valence-corrected chi connectivity index (χ4v) is 7.07. The normalized spacial score (nSPS) is 26.1. The molecule has 3 fully saturated rings. The van der Waals surface area contributed by atoms with Gasteiger partial charge < -0.3 is 18.9 Å². The molecule has 7 heteroatoms. The van der Waals surface area contributed by atoms with Crippen LogP contribution in [-0.2, 0) is 28.5 Å². The number of thioether (sulfide) groups is 1. The van der Waals surface area contributed by atoms with Crippen molar-refractivity contribution in [3.8, 4) is 23.7 Å². The van der Waals surface area contributed by atoms with Gasteiger partial charge in [0.05, 0.1) is 35.9 Å². The molecule has 3 rings (SSSR count). The summed E-state index contributed by atoms with van der Waals surface area (Å²) in [5.74, 6) is 14.8. The SMILES string of the molecule is C=C(C)C(=O)OCCCCCOC1CCC(C#CC2CCC(C#CC3CCC(OCCCCCOC(=O)C(=C)C)CC3)S2)CC1. The van der Waals surface area contributed by atoms with Gasteiger partial charge in [-0.15, -0.1) is 11.8 Å². The van der Waals surface area contributed by atoms with E-state index in [-0.39, 0.29) is 11.9 Å². The molecule has 3 aliphatic rings. The summed E-state index contributed by atoms with van der Waals surface area (Å²) in [7, 11) is 0. The lowest BCUT2D eigenvalue weighted by atomic mass is 9.87. The number of hydrogen-bond donors (Lipinski definition) is 0. The Kier molecular flexibility index (Phi) is 17.9. The van der Waals surface area contributed by atoms with Crippen LogP contribution in [0.3, 0.4) is 0 Å². The van der Waals surface area contributed by atoms with Crippen molar-refractivity contribution in [1.82, 2.24) is 0 Å². The minimum atomic E-state index is -0.301. The lowest BCUT2D eigenvalue weighted by molar-refractivity contribution is -0.139. The summed E-state index contributed by atoms with van der Waals surface area (Å²) in [5.41, 5.74) is 0.904. The highest BCUT2D eigenvalue weighted by Crippen LogP contribution is 2.34. The van der Waals surface area contributed by atoms with E-state index in [9.17, 15) is 9.59 Å². The molecule has 1 saturated heterocycles. The van der Waals surface area contributed by atoms with Crippen LogP contribution >= 0.6 is 11.8 Å². The van der Waals surface area contributed by atoms with E-state index in [1.54, 1.807) is 13.8 Å². The van der Waals surface area contributed by atoms with Crippen molar-refractivity contribution in [3.05, 3.63) is 24.3 Å². The number of carbonyl (C=O) groups excluding carboxylic acids is 2. The molecule has 2 atom stereocenters. The molecule has 2 unspecified atom stereocenters. The van der Waals surface area contributed by atoms with E-state index in [1.807, 2.05) is 11.8 Å². The minimum absolute atomic E-state index is 0.301. The number of ether oxygens (including phenoxy) is 4. The maximum absolute atomic E-state index is 11.4. The second kappa shape index (κ2) is 21.6. The van der Waals surface area contributed by atoms with Crippen LogP contribution < -0.4 is 0 Å². The van der Waals surface area contributed by atoms with Gasteiger partial charge in [0.25, 0.3) is 0 Å². The number of hydrogen-bond acceptors (Lipinski definition) is 7. The molecule has 2 saturated carbocycles. The van der Waals surface area contributed by atoms with Gasteiger partial charge in [-0.3, -0.25) is 0 Å². The quantitative estimate of drug-likeness (QED) is 0.0733. The Morgan fingerprint density at radius 2 is 0.933 bits per heavy atom. The molecule has 0 aromatic heterocycles. The molecule has 45 heavy (non-hydrogen) atoms. The molecular formula is C38H56O6S. The zero-order valence-corrected chi connectivity index (χ0v) is 28.7. The molecule has 250 valence electrons. The fraction of sp³-hybridized carbons (Fsp3) is 0.737. The largest absolute Gasteiger partial charge is 0.462 e. The van der Waals surface area contributed by atoms with Crippen LogP contribution in [0.15, 0.2) is 24.3 Å². The first-order chi connectivity index (χ1) is 21.8. The van der Waals surface area contributed by atoms with Gasteiger partial charge in [0, 0.05) is 36.2 Å². The van der Waals surface area contributed by atoms with E-state index in [2.05, 4.69) is 36.8 Å². The van der Waals surface area contributed by atoms with Crippen LogP contribution in [0.25, 0.3) is 0 Å². The average Bonchev–Trinajstić information content (AvgIpc) is 3.50. The van der Waals surface area contributed by atoms with E-state index in [0.717, 1.165) is 116 Å². The smallest absolute Gasteiger partial charge is 0.333 e. The van der Waals surface area contributed by atoms with Crippen LogP contribution in [-0.4, -0.2) is 61.1 Å². The lowest BCUT2D eigenvalue weighted by Gasteiger charge is -2.26. The molecule has 0 aromatic rings. The molecule has 1 aliphatic heterocycles. The monoisotopic (exact) mass is 640 g/mol. The Bertz CT molecular complexity index is 977. The second-order valence-corrected chi connectivity index (χ2v) is 14.3. The molecule has 0 N–H and O–H groups in total. The first-order valence-corrected chi connectivity index (χ1v) is 18.3. The molecule has 0 radical (unpaired) electrons. The lowest BCUT2D eigenvalue weighted by Crippen LogP contribution is -2.21. The Hall–Kier alpha value is -2.19. The van der Waals surface area contributed by atoms with Gasteiger partial charge in [0.2, 0.25) is 0 Å². The Labute approximate surface area is 277 Å². The van der Waals surface area contributed by atoms with Gasteiger partial charge in [-0.05, 0) is 117 Å². The highest BCUT2D eigenvalue weighted by molar-refractivity contribution is 8.01. The predicted octanol–water partition coefficient (Wildman–Crippen LogP) is 7.99. The van der Waals surface area contributed by atoms with E-state index in [1.165, 1.54) is 0 Å². The molecule has 6 nitrogen and oxygen atoms in total. The van der Waals surface area contributed by atoms with E-state index < -0.39 is 0 Å². The highest BCUT2D eigenvalue weighted by Gasteiger charge is 2.25. The van der Waals surface area contributed by atoms with Crippen molar-refractivity contribution in [1.29, 1.82) is 0 Å². The van der Waals surface area contributed by atoms with E-state index >= 15 is 0 Å². The van der Waals surface area contributed by atoms with Gasteiger partial charge in [-0.25, -0.2) is 9.59 Å². The van der Waals surface area contributed by atoms with Crippen LogP contribution in [0.4, 0.5) is 0 Å². The third-order valence-corrected chi connectivity index (χ3v) is 10.1. The first kappa shape index (κ1) is 37.3. The van der Waals surface area contributed by atoms with Gasteiger partial charge in [-0.1, -0.05) is 36.8 Å². The van der Waals surface area contributed by atoms with E-state index in [0.29, 0.717) is 58.9 Å². The van der Waals surface area contributed by atoms with Crippen molar-refractivity contribution in [2.75, 3.05) is 26.4 Å². The van der Waals surface area contributed by atoms with Crippen LogP contribution in [0.1, 0.15) is 117 Å². The number of esters is 2. The first-order valence-electron chi connectivity index (χ1n) is 17.4. The van der Waals surface area contributed by atoms with Gasteiger partial charge in [-0.2, -0.15) is 0 Å². The van der Waals surface area contributed by atoms with Crippen molar-refractivity contribution >= 4 is 23.7 Å². The minimum Gasteiger partial charge on any atom is -0.462 e. The van der Waals surface area contributed by atoms with Crippen LogP contribution in [0.5, 0.6) is 0 Å². The third kappa shape index (κ3) is 15.8. The summed E-state index contributed by atoms with van der Waals surface area (Å²) < 4.78 is 22.5. The summed E-state index contributed by atoms with van der Waals surface area (Å²) >= 11 is 1.97. The molecule has 0 amide bonds. The summed E-state index contributed by atoms with van der Waals surface area (Å²) in [6, 6.07) is 0. The average molecular weight is 641 g/mol. The van der Waals surface area contributed by atoms with Crippen LogP contribution in [0.2, 0.25) is 0 Å². The molecule has 2 aliphatic carbocycles. The van der Waals surface area contributed by atoms with Crippen molar-refractivity contribution in [2.45, 2.75) is 139 Å². The summed E-state index contributed by atoms with van der Waals surface area (Å²) in [4.78, 5) is 22.8. The number of carbonyl (C=O) groups is 2. The maximum atomic E-state index is 11.4. The van der Waals surface area contributed by atoms with E-state index in [4.69, 9.17) is 18.9 Å². The molecule has 0 aromatic carbocycles. The summed E-state index contributed by atoms with van der Waals surface area (Å²) in [5, 5.41) is 0.852. The van der Waals surface area contributed by atoms with Crippen molar-refractivity contribution < 1.29 is 28.5 Å². The van der Waals surface area contributed by atoms with Gasteiger partial charge in [0.1, 0.15) is 0 Å². The summed E-state index contributed by atoms with van der Waals surface area (Å²) in [6.45, 7) is 13.0. The Morgan fingerprint density at radius 1 is 0.556 bits per heavy atom. The maximum Gasteiger partial charge on any atom is 0.333 e. The topological polar surface area (TPSA) is 71.1 Å². The summed E-state index contributed by atoms with van der Waals surface area (Å²) in [6.07, 6.45) is 17.7. The second-order valence-electron chi connectivity index (χ2n) is 12.9. The molecule has 0 spiro atoms. The molecular weight excluding hydrogens is 584 g/mol. The zero-order chi connectivity index (χ0) is 32.3. The van der Waals surface area contributed by atoms with Crippen LogP contribution in [0, 0.1) is 35.5 Å². The fourth-order valence-electron chi connectivity index (χ4n) is 5.86. The number of rotatable bonds is 16. The standard InChI is InChI=1S/C38H56O6S/c1-29(2)37(39)43-27-9-5-7-25-41-33-17-11-31(12-18-33)15-21-35-23-24-36(45-35)22-16-32-13-19-34(20-14-32)42-26-8-6-10-28-44-38(40)30(3)4/h31-36H,1,3,5-14,17-20,23-28H2,2,4H3. The van der Waals surface area contributed by atoms with Gasteiger partial charge >= 0.3 is 11.9 Å². The Morgan fingerprint density at radius 3 is 1.31 bits per heavy atom. The van der Waals surface area contributed by atoms with Gasteiger partial charge in [0.15, 0.2) is 0 Å². The Balaban J connectivity index is 1.18.